The summed E-state index contributed by atoms with van der Waals surface area (Å²) >= 11 is 0. The molecule has 23 heavy (non-hydrogen) atoms. The standard InChI is InChI=1S/C21H19NO/c1-2-8-16(9-3-1)21-20-17-10-5-4-7-15(17)12-13-18(20)23-19-11-6-14-22(19)21/h1-5,7-10,12-13,19,21H,6,11,14H2. The Hall–Kier alpha value is -2.32. The van der Waals surface area contributed by atoms with E-state index < -0.39 is 0 Å². The molecule has 2 aliphatic heterocycles. The van der Waals surface area contributed by atoms with Crippen LogP contribution in [0.3, 0.4) is 0 Å². The number of rotatable bonds is 1. The molecule has 2 heteroatoms. The lowest BCUT2D eigenvalue weighted by molar-refractivity contribution is 0.0176. The molecule has 0 aliphatic carbocycles. The summed E-state index contributed by atoms with van der Waals surface area (Å²) in [7, 11) is 0. The zero-order chi connectivity index (χ0) is 15.2. The monoisotopic (exact) mass is 301 g/mol. The first-order valence-electron chi connectivity index (χ1n) is 8.41. The normalized spacial score (nSPS) is 23.3. The fourth-order valence-corrected chi connectivity index (χ4v) is 4.15. The van der Waals surface area contributed by atoms with Crippen LogP contribution in [0.25, 0.3) is 10.8 Å². The fourth-order valence-electron chi connectivity index (χ4n) is 4.15. The zero-order valence-electron chi connectivity index (χ0n) is 13.0. The van der Waals surface area contributed by atoms with Gasteiger partial charge < -0.3 is 4.74 Å². The topological polar surface area (TPSA) is 12.5 Å². The van der Waals surface area contributed by atoms with Crippen LogP contribution in [0.15, 0.2) is 66.7 Å². The van der Waals surface area contributed by atoms with Gasteiger partial charge in [-0.25, -0.2) is 0 Å². The van der Waals surface area contributed by atoms with Gasteiger partial charge in [-0.1, -0.05) is 60.7 Å². The highest BCUT2D eigenvalue weighted by atomic mass is 16.5. The molecule has 0 saturated carbocycles. The first-order valence-corrected chi connectivity index (χ1v) is 8.41. The molecule has 0 N–H and O–H groups in total. The minimum Gasteiger partial charge on any atom is -0.475 e. The van der Waals surface area contributed by atoms with E-state index in [0.717, 1.165) is 18.7 Å². The van der Waals surface area contributed by atoms with Gasteiger partial charge in [-0.15, -0.1) is 0 Å². The summed E-state index contributed by atoms with van der Waals surface area (Å²) in [5.74, 6) is 1.06. The Morgan fingerprint density at radius 3 is 2.61 bits per heavy atom. The second kappa shape index (κ2) is 5.10. The van der Waals surface area contributed by atoms with Crippen LogP contribution in [-0.4, -0.2) is 17.7 Å². The Morgan fingerprint density at radius 1 is 0.870 bits per heavy atom. The van der Waals surface area contributed by atoms with E-state index in [9.17, 15) is 0 Å². The Kier molecular flexibility index (Phi) is 2.92. The number of hydrogen-bond acceptors (Lipinski definition) is 2. The van der Waals surface area contributed by atoms with Crippen LogP contribution in [0, 0.1) is 0 Å². The number of nitrogens with zero attached hydrogens (tertiary/aromatic N) is 1. The minimum absolute atomic E-state index is 0.217. The predicted molar refractivity (Wildman–Crippen MR) is 92.6 cm³/mol. The third kappa shape index (κ3) is 1.98. The molecule has 3 aromatic carbocycles. The van der Waals surface area contributed by atoms with Crippen molar-refractivity contribution in [1.82, 2.24) is 4.90 Å². The molecule has 2 nitrogen and oxygen atoms in total. The summed E-state index contributed by atoms with van der Waals surface area (Å²) < 4.78 is 6.34. The molecule has 5 rings (SSSR count). The van der Waals surface area contributed by atoms with Crippen molar-refractivity contribution >= 4 is 10.8 Å². The van der Waals surface area contributed by atoms with E-state index in [0.29, 0.717) is 6.04 Å². The van der Waals surface area contributed by atoms with Gasteiger partial charge in [0, 0.05) is 12.1 Å². The van der Waals surface area contributed by atoms with Crippen molar-refractivity contribution in [3.8, 4) is 5.75 Å². The number of benzene rings is 3. The Morgan fingerprint density at radius 2 is 1.70 bits per heavy atom. The maximum atomic E-state index is 6.34. The SMILES string of the molecule is c1ccc(C2c3c(ccc4ccccc34)OC3CCCN32)cc1. The van der Waals surface area contributed by atoms with E-state index in [1.165, 1.54) is 28.3 Å². The molecule has 3 aromatic rings. The van der Waals surface area contributed by atoms with E-state index in [-0.39, 0.29) is 6.23 Å². The zero-order valence-corrected chi connectivity index (χ0v) is 13.0. The number of fused-ring (bicyclic) bond motifs is 4. The van der Waals surface area contributed by atoms with Crippen molar-refractivity contribution in [3.63, 3.8) is 0 Å². The summed E-state index contributed by atoms with van der Waals surface area (Å²) in [6.45, 7) is 1.10. The van der Waals surface area contributed by atoms with Crippen LogP contribution in [0.5, 0.6) is 5.75 Å². The molecule has 1 saturated heterocycles. The highest BCUT2D eigenvalue weighted by Gasteiger charge is 2.40. The molecule has 2 atom stereocenters. The first kappa shape index (κ1) is 13.1. The van der Waals surface area contributed by atoms with E-state index in [2.05, 4.69) is 71.6 Å². The minimum atomic E-state index is 0.217. The van der Waals surface area contributed by atoms with Gasteiger partial charge >= 0.3 is 0 Å². The molecular weight excluding hydrogens is 282 g/mol. The molecule has 2 heterocycles. The third-order valence-corrected chi connectivity index (χ3v) is 5.15. The van der Waals surface area contributed by atoms with E-state index in [1.54, 1.807) is 0 Å². The lowest BCUT2D eigenvalue weighted by Crippen LogP contribution is -2.41. The maximum Gasteiger partial charge on any atom is 0.153 e. The quantitative estimate of drug-likeness (QED) is 0.643. The van der Waals surface area contributed by atoms with Gasteiger partial charge in [0.2, 0.25) is 0 Å². The molecule has 1 fully saturated rings. The van der Waals surface area contributed by atoms with E-state index >= 15 is 0 Å². The average molecular weight is 301 g/mol. The van der Waals surface area contributed by atoms with Gasteiger partial charge in [-0.2, -0.15) is 0 Å². The molecule has 114 valence electrons. The summed E-state index contributed by atoms with van der Waals surface area (Å²) in [5.41, 5.74) is 2.69. The van der Waals surface area contributed by atoms with E-state index in [4.69, 9.17) is 4.74 Å². The lowest BCUT2D eigenvalue weighted by Gasteiger charge is -2.40. The molecule has 0 aromatic heterocycles. The molecular formula is C21H19NO. The Bertz CT molecular complexity index is 858. The van der Waals surface area contributed by atoms with Crippen molar-refractivity contribution in [2.75, 3.05) is 6.54 Å². The van der Waals surface area contributed by atoms with Crippen molar-refractivity contribution in [2.24, 2.45) is 0 Å². The van der Waals surface area contributed by atoms with Crippen LogP contribution in [-0.2, 0) is 0 Å². The average Bonchev–Trinajstić information content (AvgIpc) is 3.08. The second-order valence-corrected chi connectivity index (χ2v) is 6.46. The van der Waals surface area contributed by atoms with E-state index in [1.807, 2.05) is 0 Å². The van der Waals surface area contributed by atoms with Gasteiger partial charge in [0.05, 0.1) is 6.04 Å². The molecule has 2 unspecified atom stereocenters. The molecule has 0 amide bonds. The molecule has 0 radical (unpaired) electrons. The van der Waals surface area contributed by atoms with Gasteiger partial charge in [0.25, 0.3) is 0 Å². The third-order valence-electron chi connectivity index (χ3n) is 5.15. The molecule has 2 aliphatic rings. The first-order chi connectivity index (χ1) is 11.4. The number of ether oxygens (including phenoxy) is 1. The van der Waals surface area contributed by atoms with Gasteiger partial charge in [0.15, 0.2) is 6.23 Å². The second-order valence-electron chi connectivity index (χ2n) is 6.46. The smallest absolute Gasteiger partial charge is 0.153 e. The van der Waals surface area contributed by atoms with Crippen molar-refractivity contribution in [1.29, 1.82) is 0 Å². The summed E-state index contributed by atoms with van der Waals surface area (Å²) in [5, 5.41) is 2.60. The summed E-state index contributed by atoms with van der Waals surface area (Å²) in [4.78, 5) is 2.53. The van der Waals surface area contributed by atoms with Crippen molar-refractivity contribution in [3.05, 3.63) is 77.9 Å². The van der Waals surface area contributed by atoms with Crippen LogP contribution in [0.2, 0.25) is 0 Å². The Labute approximate surface area is 136 Å². The summed E-state index contributed by atoms with van der Waals surface area (Å²) in [6, 6.07) is 24.1. The lowest BCUT2D eigenvalue weighted by atomic mass is 9.90. The highest BCUT2D eigenvalue weighted by molar-refractivity contribution is 5.89. The molecule has 0 spiro atoms. The maximum absolute atomic E-state index is 6.34. The van der Waals surface area contributed by atoms with Crippen LogP contribution >= 0.6 is 0 Å². The van der Waals surface area contributed by atoms with Crippen molar-refractivity contribution in [2.45, 2.75) is 25.1 Å². The van der Waals surface area contributed by atoms with Crippen LogP contribution in [0.1, 0.15) is 30.0 Å². The van der Waals surface area contributed by atoms with Gasteiger partial charge in [0.1, 0.15) is 5.75 Å². The Balaban J connectivity index is 1.80. The molecule has 0 bridgehead atoms. The highest BCUT2D eigenvalue weighted by Crippen LogP contribution is 2.46. The van der Waals surface area contributed by atoms with Gasteiger partial charge in [-0.05, 0) is 35.2 Å². The summed E-state index contributed by atoms with van der Waals surface area (Å²) in [6.07, 6.45) is 2.55. The van der Waals surface area contributed by atoms with Gasteiger partial charge in [-0.3, -0.25) is 4.90 Å². The van der Waals surface area contributed by atoms with Crippen LogP contribution < -0.4 is 4.74 Å². The predicted octanol–water partition coefficient (Wildman–Crippen LogP) is 4.74. The van der Waals surface area contributed by atoms with Crippen molar-refractivity contribution < 1.29 is 4.74 Å². The van der Waals surface area contributed by atoms with Crippen LogP contribution in [0.4, 0.5) is 0 Å². The number of hydrogen-bond donors (Lipinski definition) is 0. The largest absolute Gasteiger partial charge is 0.475 e. The fraction of sp³-hybridized carbons (Fsp3) is 0.238.